The Morgan fingerprint density at radius 1 is 1.00 bits per heavy atom. The number of nitrogens with zero attached hydrogens (tertiary/aromatic N) is 3. The molecule has 180 valence electrons. The van der Waals surface area contributed by atoms with E-state index in [1.165, 1.54) is 57.5 Å². The van der Waals surface area contributed by atoms with Crippen LogP contribution in [-0.4, -0.2) is 47.4 Å². The Morgan fingerprint density at radius 3 is 2.24 bits per heavy atom. The maximum atomic E-state index is 13.2. The zero-order chi connectivity index (χ0) is 25.0. The maximum absolute atomic E-state index is 13.2. The first kappa shape index (κ1) is 25.1. The minimum atomic E-state index is -3.74. The molecule has 2 N–H and O–H groups in total. The highest BCUT2D eigenvalue weighted by Gasteiger charge is 2.23. The van der Waals surface area contributed by atoms with Gasteiger partial charge in [0.1, 0.15) is 5.82 Å². The number of aryl methyl sites for hydroxylation is 1. The van der Waals surface area contributed by atoms with E-state index < -0.39 is 21.8 Å². The molecule has 1 heterocycles. The van der Waals surface area contributed by atoms with E-state index in [1.54, 1.807) is 27.7 Å². The molecule has 0 saturated carbocycles. The molecule has 0 spiro atoms. The molecular formula is C23H26FN5O4S. The molecule has 3 rings (SSSR count). The van der Waals surface area contributed by atoms with E-state index in [2.05, 4.69) is 16.0 Å². The van der Waals surface area contributed by atoms with Gasteiger partial charge in [-0.3, -0.25) is 20.4 Å². The number of sulfonamides is 1. The van der Waals surface area contributed by atoms with E-state index in [-0.39, 0.29) is 21.8 Å². The van der Waals surface area contributed by atoms with E-state index in [0.29, 0.717) is 30.2 Å². The van der Waals surface area contributed by atoms with Crippen molar-refractivity contribution in [3.05, 3.63) is 76.9 Å². The Hall–Kier alpha value is -3.57. The number of hydrogen-bond acceptors (Lipinski definition) is 5. The van der Waals surface area contributed by atoms with E-state index >= 15 is 0 Å². The van der Waals surface area contributed by atoms with Gasteiger partial charge in [0, 0.05) is 18.7 Å². The molecule has 0 fully saturated rings. The molecule has 3 aromatic rings. The summed E-state index contributed by atoms with van der Waals surface area (Å²) in [6.07, 6.45) is 0. The first-order valence-electron chi connectivity index (χ1n) is 10.6. The molecule has 0 bridgehead atoms. The molecule has 0 aliphatic heterocycles. The predicted octanol–water partition coefficient (Wildman–Crippen LogP) is 2.73. The van der Waals surface area contributed by atoms with Crippen LogP contribution >= 0.6 is 0 Å². The van der Waals surface area contributed by atoms with Crippen molar-refractivity contribution in [2.45, 2.75) is 32.6 Å². The fourth-order valence-corrected chi connectivity index (χ4v) is 5.07. The molecule has 0 aliphatic rings. The second kappa shape index (κ2) is 10.1. The van der Waals surface area contributed by atoms with Crippen molar-refractivity contribution in [3.8, 4) is 5.69 Å². The summed E-state index contributed by atoms with van der Waals surface area (Å²) in [4.78, 5) is 25.4. The fourth-order valence-electron chi connectivity index (χ4n) is 3.56. The van der Waals surface area contributed by atoms with Gasteiger partial charge in [0.05, 0.1) is 27.5 Å². The van der Waals surface area contributed by atoms with Gasteiger partial charge in [0.15, 0.2) is 0 Å². The van der Waals surface area contributed by atoms with Gasteiger partial charge < -0.3 is 0 Å². The van der Waals surface area contributed by atoms with Crippen molar-refractivity contribution in [2.75, 3.05) is 13.1 Å². The second-order valence-corrected chi connectivity index (χ2v) is 9.40. The Kier molecular flexibility index (Phi) is 7.48. The molecule has 0 saturated heterocycles. The summed E-state index contributed by atoms with van der Waals surface area (Å²) in [5, 5.41) is 4.34. The van der Waals surface area contributed by atoms with Gasteiger partial charge in [0.2, 0.25) is 10.0 Å². The van der Waals surface area contributed by atoms with Crippen molar-refractivity contribution in [3.63, 3.8) is 0 Å². The molecule has 0 aliphatic carbocycles. The monoisotopic (exact) mass is 487 g/mol. The Bertz CT molecular complexity index is 1320. The summed E-state index contributed by atoms with van der Waals surface area (Å²) in [6, 6.07) is 11.3. The quantitative estimate of drug-likeness (QED) is 0.498. The molecule has 0 unspecified atom stereocenters. The maximum Gasteiger partial charge on any atom is 0.273 e. The summed E-state index contributed by atoms with van der Waals surface area (Å²) in [7, 11) is -3.74. The number of benzene rings is 2. The minimum Gasteiger partial charge on any atom is -0.267 e. The van der Waals surface area contributed by atoms with Crippen molar-refractivity contribution < 1.29 is 22.4 Å². The molecule has 2 aromatic carbocycles. The smallest absolute Gasteiger partial charge is 0.267 e. The van der Waals surface area contributed by atoms with Crippen molar-refractivity contribution in [1.29, 1.82) is 0 Å². The number of aromatic nitrogens is 2. The van der Waals surface area contributed by atoms with Gasteiger partial charge in [-0.1, -0.05) is 19.9 Å². The van der Waals surface area contributed by atoms with Crippen LogP contribution in [0.25, 0.3) is 5.69 Å². The lowest BCUT2D eigenvalue weighted by Crippen LogP contribution is -2.42. The molecule has 11 heteroatoms. The van der Waals surface area contributed by atoms with E-state index in [0.717, 1.165) is 0 Å². The number of halogens is 1. The average Bonchev–Trinajstić information content (AvgIpc) is 3.12. The van der Waals surface area contributed by atoms with Crippen molar-refractivity contribution in [2.24, 2.45) is 0 Å². The van der Waals surface area contributed by atoms with Gasteiger partial charge in [-0.25, -0.2) is 17.5 Å². The SMILES string of the molecule is CCN(CC)S(=O)(=O)c1cccc(C(=O)NNC(=O)c2c(C)nn(-c3ccc(F)cc3)c2C)c1. The lowest BCUT2D eigenvalue weighted by molar-refractivity contribution is 0.0845. The van der Waals surface area contributed by atoms with Gasteiger partial charge in [-0.15, -0.1) is 0 Å². The Labute approximate surface area is 197 Å². The zero-order valence-electron chi connectivity index (χ0n) is 19.3. The Balaban J connectivity index is 1.76. The molecule has 9 nitrogen and oxygen atoms in total. The molecule has 0 atom stereocenters. The third-order valence-electron chi connectivity index (χ3n) is 5.32. The molecule has 0 radical (unpaired) electrons. The van der Waals surface area contributed by atoms with Crippen LogP contribution in [0.1, 0.15) is 46.0 Å². The first-order valence-corrected chi connectivity index (χ1v) is 12.1. The highest BCUT2D eigenvalue weighted by molar-refractivity contribution is 7.89. The third-order valence-corrected chi connectivity index (χ3v) is 7.36. The summed E-state index contributed by atoms with van der Waals surface area (Å²) >= 11 is 0. The summed E-state index contributed by atoms with van der Waals surface area (Å²) in [5.74, 6) is -1.66. The Morgan fingerprint density at radius 2 is 1.62 bits per heavy atom. The van der Waals surface area contributed by atoms with E-state index in [9.17, 15) is 22.4 Å². The standard InChI is InChI=1S/C23H26FN5O4S/c1-5-28(6-2)34(32,33)20-9-7-8-17(14-20)22(30)25-26-23(31)21-15(3)27-29(16(21)4)19-12-10-18(24)11-13-19/h7-14H,5-6H2,1-4H3,(H,25,30)(H,26,31). The van der Waals surface area contributed by atoms with E-state index in [1.807, 2.05) is 0 Å². The lowest BCUT2D eigenvalue weighted by atomic mass is 10.2. The zero-order valence-corrected chi connectivity index (χ0v) is 20.1. The number of hydrogen-bond donors (Lipinski definition) is 2. The van der Waals surface area contributed by atoms with Crippen LogP contribution in [0.3, 0.4) is 0 Å². The number of amides is 2. The van der Waals surface area contributed by atoms with Crippen molar-refractivity contribution >= 4 is 21.8 Å². The summed E-state index contributed by atoms with van der Waals surface area (Å²) in [5.41, 5.74) is 6.48. The topological polar surface area (TPSA) is 113 Å². The van der Waals surface area contributed by atoms with Gasteiger partial charge in [-0.2, -0.15) is 9.40 Å². The third kappa shape index (κ3) is 5.00. The predicted molar refractivity (Wildman–Crippen MR) is 124 cm³/mol. The molecule has 34 heavy (non-hydrogen) atoms. The highest BCUT2D eigenvalue weighted by atomic mass is 32.2. The molecular weight excluding hydrogens is 461 g/mol. The summed E-state index contributed by atoms with van der Waals surface area (Å²) in [6.45, 7) is 7.39. The van der Waals surface area contributed by atoms with Crippen LogP contribution in [0, 0.1) is 19.7 Å². The largest absolute Gasteiger partial charge is 0.273 e. The minimum absolute atomic E-state index is 0.0116. The van der Waals surface area contributed by atoms with Crippen LogP contribution in [0.5, 0.6) is 0 Å². The normalized spacial score (nSPS) is 11.5. The van der Waals surface area contributed by atoms with Crippen LogP contribution in [0.2, 0.25) is 0 Å². The number of carbonyl (C=O) groups is 2. The average molecular weight is 488 g/mol. The van der Waals surface area contributed by atoms with Gasteiger partial charge >= 0.3 is 0 Å². The molecule has 2 amide bonds. The first-order chi connectivity index (χ1) is 16.1. The van der Waals surface area contributed by atoms with E-state index in [4.69, 9.17) is 0 Å². The van der Waals surface area contributed by atoms with Crippen LogP contribution in [0.4, 0.5) is 4.39 Å². The fraction of sp³-hybridized carbons (Fsp3) is 0.261. The van der Waals surface area contributed by atoms with Crippen molar-refractivity contribution in [1.82, 2.24) is 24.9 Å². The van der Waals surface area contributed by atoms with Crippen LogP contribution < -0.4 is 10.9 Å². The number of rotatable bonds is 7. The second-order valence-electron chi connectivity index (χ2n) is 7.46. The van der Waals surface area contributed by atoms with Gasteiger partial charge in [0.25, 0.3) is 11.8 Å². The van der Waals surface area contributed by atoms with Crippen LogP contribution in [-0.2, 0) is 10.0 Å². The lowest BCUT2D eigenvalue weighted by Gasteiger charge is -2.18. The van der Waals surface area contributed by atoms with Gasteiger partial charge in [-0.05, 0) is 56.3 Å². The van der Waals surface area contributed by atoms with Crippen LogP contribution in [0.15, 0.2) is 53.4 Å². The number of hydrazine groups is 1. The highest BCUT2D eigenvalue weighted by Crippen LogP contribution is 2.19. The number of nitrogens with one attached hydrogen (secondary N) is 2. The number of carbonyl (C=O) groups excluding carboxylic acids is 2. The molecule has 1 aromatic heterocycles. The summed E-state index contributed by atoms with van der Waals surface area (Å²) < 4.78 is 41.5.